The number of fused-ring (bicyclic) bond motifs is 1. The molecule has 2 saturated heterocycles. The van der Waals surface area contributed by atoms with Gasteiger partial charge >= 0.3 is 0 Å². The van der Waals surface area contributed by atoms with Crippen molar-refractivity contribution in [3.05, 3.63) is 23.8 Å². The highest BCUT2D eigenvalue weighted by Crippen LogP contribution is 2.29. The zero-order valence-corrected chi connectivity index (χ0v) is 9.76. The van der Waals surface area contributed by atoms with Crippen LogP contribution in [0.2, 0.25) is 0 Å². The number of nitrogens with zero attached hydrogens (tertiary/aromatic N) is 1. The second-order valence-corrected chi connectivity index (χ2v) is 5.20. The quantitative estimate of drug-likeness (QED) is 0.661. The molecule has 0 unspecified atom stereocenters. The molecule has 3 N–H and O–H groups in total. The second kappa shape index (κ2) is 4.20. The van der Waals surface area contributed by atoms with Crippen molar-refractivity contribution in [2.45, 2.75) is 6.54 Å². The maximum absolute atomic E-state index is 9.46. The average Bonchev–Trinajstić information content (AvgIpc) is 2.84. The number of rotatable bonds is 2. The van der Waals surface area contributed by atoms with E-state index in [-0.39, 0.29) is 11.5 Å². The molecule has 1 aromatic rings. The van der Waals surface area contributed by atoms with Gasteiger partial charge in [-0.25, -0.2) is 0 Å². The third-order valence-corrected chi connectivity index (χ3v) is 3.91. The first kappa shape index (κ1) is 10.9. The molecule has 2 heterocycles. The van der Waals surface area contributed by atoms with Crippen LogP contribution < -0.4 is 5.32 Å². The van der Waals surface area contributed by atoms with Crippen LogP contribution >= 0.6 is 0 Å². The largest absolute Gasteiger partial charge is 0.504 e. The first-order valence-electron chi connectivity index (χ1n) is 6.16. The summed E-state index contributed by atoms with van der Waals surface area (Å²) in [7, 11) is 0. The van der Waals surface area contributed by atoms with Crippen LogP contribution in [0, 0.1) is 11.8 Å². The summed E-state index contributed by atoms with van der Waals surface area (Å²) in [6.45, 7) is 5.42. The van der Waals surface area contributed by atoms with Crippen molar-refractivity contribution >= 4 is 0 Å². The molecule has 4 nitrogen and oxygen atoms in total. The van der Waals surface area contributed by atoms with Crippen LogP contribution in [0.4, 0.5) is 0 Å². The minimum atomic E-state index is -0.0451. The number of phenols is 2. The van der Waals surface area contributed by atoms with Gasteiger partial charge in [0.2, 0.25) is 0 Å². The molecule has 0 amide bonds. The summed E-state index contributed by atoms with van der Waals surface area (Å²) in [4.78, 5) is 2.43. The van der Waals surface area contributed by atoms with Crippen molar-refractivity contribution in [3.8, 4) is 11.5 Å². The van der Waals surface area contributed by atoms with Gasteiger partial charge in [0.05, 0.1) is 0 Å². The Balaban J connectivity index is 1.65. The Morgan fingerprint density at radius 2 is 1.82 bits per heavy atom. The van der Waals surface area contributed by atoms with E-state index in [1.54, 1.807) is 12.1 Å². The Hall–Kier alpha value is -1.26. The molecule has 2 atom stereocenters. The standard InChI is InChI=1S/C13H18N2O2/c16-12-2-1-9(3-13(12)17)6-15-7-10-4-14-5-11(10)8-15/h1-3,10-11,14,16-17H,4-8H2/t10-,11+. The molecule has 2 aliphatic rings. The van der Waals surface area contributed by atoms with Gasteiger partial charge in [0, 0.05) is 19.6 Å². The van der Waals surface area contributed by atoms with Crippen molar-refractivity contribution in [1.29, 1.82) is 0 Å². The predicted octanol–water partition coefficient (Wildman–Crippen LogP) is 0.749. The summed E-state index contributed by atoms with van der Waals surface area (Å²) in [5.74, 6) is 1.52. The van der Waals surface area contributed by atoms with E-state index < -0.39 is 0 Å². The van der Waals surface area contributed by atoms with Gasteiger partial charge in [-0.2, -0.15) is 0 Å². The highest BCUT2D eigenvalue weighted by atomic mass is 16.3. The number of aromatic hydroxyl groups is 2. The van der Waals surface area contributed by atoms with E-state index in [2.05, 4.69) is 10.2 Å². The minimum Gasteiger partial charge on any atom is -0.504 e. The maximum atomic E-state index is 9.46. The summed E-state index contributed by atoms with van der Waals surface area (Å²) in [5.41, 5.74) is 1.06. The minimum absolute atomic E-state index is 0.0245. The van der Waals surface area contributed by atoms with Gasteiger partial charge in [-0.3, -0.25) is 4.90 Å². The van der Waals surface area contributed by atoms with Gasteiger partial charge in [-0.1, -0.05) is 6.07 Å². The van der Waals surface area contributed by atoms with Gasteiger partial charge in [-0.05, 0) is 42.6 Å². The van der Waals surface area contributed by atoms with Crippen LogP contribution in [-0.4, -0.2) is 41.3 Å². The monoisotopic (exact) mass is 234 g/mol. The number of benzene rings is 1. The van der Waals surface area contributed by atoms with E-state index >= 15 is 0 Å². The fourth-order valence-electron chi connectivity index (χ4n) is 3.01. The molecule has 17 heavy (non-hydrogen) atoms. The molecule has 2 fully saturated rings. The third kappa shape index (κ3) is 2.10. The number of phenolic OH excluding ortho intramolecular Hbond substituents is 2. The fourth-order valence-corrected chi connectivity index (χ4v) is 3.01. The van der Waals surface area contributed by atoms with Gasteiger partial charge < -0.3 is 15.5 Å². The lowest BCUT2D eigenvalue weighted by Crippen LogP contribution is -2.25. The molecule has 0 radical (unpaired) electrons. The second-order valence-electron chi connectivity index (χ2n) is 5.20. The SMILES string of the molecule is Oc1ccc(CN2C[C@H]3CNC[C@H]3C2)cc1O. The van der Waals surface area contributed by atoms with Crippen LogP contribution in [0.3, 0.4) is 0 Å². The number of hydrogen-bond donors (Lipinski definition) is 3. The lowest BCUT2D eigenvalue weighted by molar-refractivity contribution is 0.304. The molecule has 2 aliphatic heterocycles. The molecule has 4 heteroatoms. The summed E-state index contributed by atoms with van der Waals surface area (Å²) < 4.78 is 0. The van der Waals surface area contributed by atoms with Gasteiger partial charge in [-0.15, -0.1) is 0 Å². The van der Waals surface area contributed by atoms with E-state index in [4.69, 9.17) is 0 Å². The molecule has 0 aromatic heterocycles. The molecule has 92 valence electrons. The first-order valence-corrected chi connectivity index (χ1v) is 6.16. The molecule has 1 aromatic carbocycles. The Morgan fingerprint density at radius 1 is 1.12 bits per heavy atom. The van der Waals surface area contributed by atoms with Crippen LogP contribution in [0.25, 0.3) is 0 Å². The topological polar surface area (TPSA) is 55.7 Å². The Bertz CT molecular complexity index is 410. The van der Waals surface area contributed by atoms with E-state index in [1.165, 1.54) is 0 Å². The highest BCUT2D eigenvalue weighted by molar-refractivity contribution is 5.40. The molecule has 3 rings (SSSR count). The highest BCUT2D eigenvalue weighted by Gasteiger charge is 2.35. The Kier molecular flexibility index (Phi) is 2.68. The van der Waals surface area contributed by atoms with Gasteiger partial charge in [0.1, 0.15) is 0 Å². The van der Waals surface area contributed by atoms with Gasteiger partial charge in [0.15, 0.2) is 11.5 Å². The van der Waals surface area contributed by atoms with Crippen molar-refractivity contribution in [1.82, 2.24) is 10.2 Å². The lowest BCUT2D eigenvalue weighted by Gasteiger charge is -2.17. The maximum Gasteiger partial charge on any atom is 0.157 e. The van der Waals surface area contributed by atoms with Crippen LogP contribution in [-0.2, 0) is 6.54 Å². The molecule has 0 bridgehead atoms. The Morgan fingerprint density at radius 3 is 2.47 bits per heavy atom. The number of likely N-dealkylation sites (tertiary alicyclic amines) is 1. The normalized spacial score (nSPS) is 28.5. The average molecular weight is 234 g/mol. The summed E-state index contributed by atoms with van der Waals surface area (Å²) in [6.07, 6.45) is 0. The Labute approximate surface area is 101 Å². The fraction of sp³-hybridized carbons (Fsp3) is 0.538. The molecule has 0 aliphatic carbocycles. The first-order chi connectivity index (χ1) is 8.22. The lowest BCUT2D eigenvalue weighted by atomic mass is 10.0. The molecular weight excluding hydrogens is 216 g/mol. The predicted molar refractivity (Wildman–Crippen MR) is 64.9 cm³/mol. The van der Waals surface area contributed by atoms with Crippen molar-refractivity contribution in [3.63, 3.8) is 0 Å². The van der Waals surface area contributed by atoms with Crippen molar-refractivity contribution in [2.24, 2.45) is 11.8 Å². The van der Waals surface area contributed by atoms with Gasteiger partial charge in [0.25, 0.3) is 0 Å². The number of nitrogens with one attached hydrogen (secondary N) is 1. The van der Waals surface area contributed by atoms with Crippen LogP contribution in [0.5, 0.6) is 11.5 Å². The zero-order valence-electron chi connectivity index (χ0n) is 9.76. The third-order valence-electron chi connectivity index (χ3n) is 3.91. The smallest absolute Gasteiger partial charge is 0.157 e. The zero-order chi connectivity index (χ0) is 11.8. The van der Waals surface area contributed by atoms with Crippen LogP contribution in [0.15, 0.2) is 18.2 Å². The molecule has 0 spiro atoms. The molecule has 0 saturated carbocycles. The van der Waals surface area contributed by atoms with E-state index in [1.807, 2.05) is 6.07 Å². The van der Waals surface area contributed by atoms with Crippen molar-refractivity contribution < 1.29 is 10.2 Å². The van der Waals surface area contributed by atoms with E-state index in [0.29, 0.717) is 0 Å². The summed E-state index contributed by atoms with van der Waals surface area (Å²) >= 11 is 0. The summed E-state index contributed by atoms with van der Waals surface area (Å²) in [6, 6.07) is 5.09. The summed E-state index contributed by atoms with van der Waals surface area (Å²) in [5, 5.41) is 22.1. The van der Waals surface area contributed by atoms with E-state index in [0.717, 1.165) is 50.1 Å². The van der Waals surface area contributed by atoms with E-state index in [9.17, 15) is 10.2 Å². The molecular formula is C13H18N2O2. The van der Waals surface area contributed by atoms with Crippen molar-refractivity contribution in [2.75, 3.05) is 26.2 Å². The number of hydrogen-bond acceptors (Lipinski definition) is 4. The van der Waals surface area contributed by atoms with Crippen LogP contribution in [0.1, 0.15) is 5.56 Å².